The quantitative estimate of drug-likeness (QED) is 0.887. The van der Waals surface area contributed by atoms with Crippen LogP contribution in [0.25, 0.3) is 0 Å². The third-order valence-electron chi connectivity index (χ3n) is 3.84. The molecule has 1 aliphatic heterocycles. The lowest BCUT2D eigenvalue weighted by atomic mass is 10.0. The maximum atomic E-state index is 12.6. The van der Waals surface area contributed by atoms with E-state index < -0.39 is 16.1 Å². The number of aliphatic hydroxyl groups excluding tert-OH is 1. The van der Waals surface area contributed by atoms with Gasteiger partial charge in [0.05, 0.1) is 25.1 Å². The highest BCUT2D eigenvalue weighted by Gasteiger charge is 2.35. The SMILES string of the molecule is CC(CS(=O)(=O)N1CC(CO)OCC1C)c1ccccc1. The summed E-state index contributed by atoms with van der Waals surface area (Å²) in [5.74, 6) is -0.00159. The van der Waals surface area contributed by atoms with E-state index >= 15 is 0 Å². The van der Waals surface area contributed by atoms with Crippen LogP contribution in [0.5, 0.6) is 0 Å². The van der Waals surface area contributed by atoms with Crippen molar-refractivity contribution in [2.24, 2.45) is 0 Å². The van der Waals surface area contributed by atoms with Crippen molar-refractivity contribution in [1.82, 2.24) is 4.31 Å². The van der Waals surface area contributed by atoms with E-state index in [0.717, 1.165) is 5.56 Å². The normalized spacial score (nSPS) is 25.7. The fraction of sp³-hybridized carbons (Fsp3) is 0.600. The van der Waals surface area contributed by atoms with Crippen molar-refractivity contribution in [3.8, 4) is 0 Å². The van der Waals surface area contributed by atoms with E-state index in [4.69, 9.17) is 4.74 Å². The Morgan fingerprint density at radius 1 is 1.38 bits per heavy atom. The van der Waals surface area contributed by atoms with Gasteiger partial charge < -0.3 is 9.84 Å². The van der Waals surface area contributed by atoms with Crippen LogP contribution >= 0.6 is 0 Å². The molecule has 1 fully saturated rings. The van der Waals surface area contributed by atoms with E-state index in [1.165, 1.54) is 4.31 Å². The minimum atomic E-state index is -3.38. The number of ether oxygens (including phenoxy) is 1. The fourth-order valence-corrected chi connectivity index (χ4v) is 4.60. The molecule has 1 aliphatic rings. The number of rotatable bonds is 5. The van der Waals surface area contributed by atoms with Crippen LogP contribution in [0.15, 0.2) is 30.3 Å². The molecule has 0 aromatic heterocycles. The first kappa shape index (κ1) is 16.4. The van der Waals surface area contributed by atoms with Gasteiger partial charge in [-0.05, 0) is 18.4 Å². The molecule has 6 heteroatoms. The fourth-order valence-electron chi connectivity index (χ4n) is 2.58. The van der Waals surface area contributed by atoms with Crippen LogP contribution < -0.4 is 0 Å². The molecule has 118 valence electrons. The van der Waals surface area contributed by atoms with Gasteiger partial charge in [-0.1, -0.05) is 37.3 Å². The average Bonchev–Trinajstić information content (AvgIpc) is 2.48. The van der Waals surface area contributed by atoms with Gasteiger partial charge in [0.1, 0.15) is 0 Å². The molecule has 21 heavy (non-hydrogen) atoms. The monoisotopic (exact) mass is 313 g/mol. The van der Waals surface area contributed by atoms with E-state index in [1.807, 2.05) is 44.2 Å². The third kappa shape index (κ3) is 4.03. The van der Waals surface area contributed by atoms with E-state index in [2.05, 4.69) is 0 Å². The Hall–Kier alpha value is -0.950. The van der Waals surface area contributed by atoms with E-state index in [9.17, 15) is 13.5 Å². The summed E-state index contributed by atoms with van der Waals surface area (Å²) in [5.41, 5.74) is 1.01. The van der Waals surface area contributed by atoms with Crippen LogP contribution in [0.2, 0.25) is 0 Å². The summed E-state index contributed by atoms with van der Waals surface area (Å²) in [5, 5.41) is 9.17. The molecule has 0 radical (unpaired) electrons. The van der Waals surface area contributed by atoms with Crippen molar-refractivity contribution in [3.05, 3.63) is 35.9 Å². The first-order valence-corrected chi connectivity index (χ1v) is 8.82. The number of nitrogens with zero attached hydrogens (tertiary/aromatic N) is 1. The third-order valence-corrected chi connectivity index (χ3v) is 5.98. The number of sulfonamides is 1. The Bertz CT molecular complexity index is 546. The molecule has 5 nitrogen and oxygen atoms in total. The number of morpholine rings is 1. The molecule has 0 spiro atoms. The van der Waals surface area contributed by atoms with Crippen molar-refractivity contribution in [1.29, 1.82) is 0 Å². The summed E-state index contributed by atoms with van der Waals surface area (Å²) in [4.78, 5) is 0. The summed E-state index contributed by atoms with van der Waals surface area (Å²) in [6.45, 7) is 4.14. The lowest BCUT2D eigenvalue weighted by Crippen LogP contribution is -2.52. The van der Waals surface area contributed by atoms with Gasteiger partial charge in [-0.3, -0.25) is 0 Å². The van der Waals surface area contributed by atoms with Crippen molar-refractivity contribution < 1.29 is 18.3 Å². The van der Waals surface area contributed by atoms with Crippen LogP contribution in [0.4, 0.5) is 0 Å². The van der Waals surface area contributed by atoms with E-state index in [0.29, 0.717) is 6.61 Å². The minimum absolute atomic E-state index is 0.0690. The molecule has 0 saturated carbocycles. The van der Waals surface area contributed by atoms with Crippen molar-refractivity contribution >= 4 is 10.0 Å². The van der Waals surface area contributed by atoms with Gasteiger partial charge in [0.2, 0.25) is 10.0 Å². The standard InChI is InChI=1S/C15H23NO4S/c1-12(14-6-4-3-5-7-14)11-21(18,19)16-8-15(9-17)20-10-13(16)2/h3-7,12-13,15,17H,8-11H2,1-2H3. The second-order valence-electron chi connectivity index (χ2n) is 5.65. The zero-order valence-corrected chi connectivity index (χ0v) is 13.3. The largest absolute Gasteiger partial charge is 0.394 e. The highest BCUT2D eigenvalue weighted by molar-refractivity contribution is 7.89. The summed E-state index contributed by atoms with van der Waals surface area (Å²) in [7, 11) is -3.38. The molecule has 2 rings (SSSR count). The van der Waals surface area contributed by atoms with Crippen molar-refractivity contribution in [3.63, 3.8) is 0 Å². The first-order valence-electron chi connectivity index (χ1n) is 7.21. The molecule has 0 bridgehead atoms. The number of aliphatic hydroxyl groups is 1. The maximum absolute atomic E-state index is 12.6. The van der Waals surface area contributed by atoms with Crippen LogP contribution in [-0.4, -0.2) is 55.5 Å². The van der Waals surface area contributed by atoms with Crippen LogP contribution in [0.3, 0.4) is 0 Å². The summed E-state index contributed by atoms with van der Waals surface area (Å²) in [6, 6.07) is 9.44. The Morgan fingerprint density at radius 3 is 2.67 bits per heavy atom. The summed E-state index contributed by atoms with van der Waals surface area (Å²) < 4.78 is 32.1. The second kappa shape index (κ2) is 6.87. The second-order valence-corrected chi connectivity index (χ2v) is 7.61. The summed E-state index contributed by atoms with van der Waals surface area (Å²) in [6.07, 6.45) is -0.428. The van der Waals surface area contributed by atoms with E-state index in [-0.39, 0.29) is 30.9 Å². The lowest BCUT2D eigenvalue weighted by Gasteiger charge is -2.36. The summed E-state index contributed by atoms with van der Waals surface area (Å²) >= 11 is 0. The zero-order valence-electron chi connectivity index (χ0n) is 12.5. The molecule has 0 amide bonds. The number of hydrogen-bond donors (Lipinski definition) is 1. The smallest absolute Gasteiger partial charge is 0.215 e. The Balaban J connectivity index is 2.10. The van der Waals surface area contributed by atoms with Crippen LogP contribution in [0, 0.1) is 0 Å². The average molecular weight is 313 g/mol. The molecular weight excluding hydrogens is 290 g/mol. The molecule has 3 atom stereocenters. The molecule has 0 aliphatic carbocycles. The molecule has 1 N–H and O–H groups in total. The number of hydrogen-bond acceptors (Lipinski definition) is 4. The van der Waals surface area contributed by atoms with Crippen molar-refractivity contribution in [2.45, 2.75) is 31.9 Å². The first-order chi connectivity index (χ1) is 9.94. The van der Waals surface area contributed by atoms with Gasteiger partial charge in [-0.15, -0.1) is 0 Å². The van der Waals surface area contributed by atoms with Crippen molar-refractivity contribution in [2.75, 3.05) is 25.5 Å². The molecular formula is C15H23NO4S. The van der Waals surface area contributed by atoms with Gasteiger partial charge in [-0.2, -0.15) is 4.31 Å². The molecule has 1 saturated heterocycles. The van der Waals surface area contributed by atoms with Gasteiger partial charge in [0.25, 0.3) is 0 Å². The lowest BCUT2D eigenvalue weighted by molar-refractivity contribution is -0.0516. The Kier molecular flexibility index (Phi) is 5.37. The molecule has 1 aromatic rings. The van der Waals surface area contributed by atoms with E-state index in [1.54, 1.807) is 0 Å². The highest BCUT2D eigenvalue weighted by Crippen LogP contribution is 2.22. The molecule has 1 aromatic carbocycles. The van der Waals surface area contributed by atoms with Gasteiger partial charge in [-0.25, -0.2) is 8.42 Å². The zero-order chi connectivity index (χ0) is 15.5. The molecule has 3 unspecified atom stereocenters. The maximum Gasteiger partial charge on any atom is 0.215 e. The molecule has 1 heterocycles. The van der Waals surface area contributed by atoms with Crippen LogP contribution in [0.1, 0.15) is 25.3 Å². The highest BCUT2D eigenvalue weighted by atomic mass is 32.2. The predicted molar refractivity (Wildman–Crippen MR) is 81.6 cm³/mol. The van der Waals surface area contributed by atoms with Gasteiger partial charge >= 0.3 is 0 Å². The van der Waals surface area contributed by atoms with Crippen LogP contribution in [-0.2, 0) is 14.8 Å². The minimum Gasteiger partial charge on any atom is -0.394 e. The Morgan fingerprint density at radius 2 is 2.05 bits per heavy atom. The Labute approximate surface area is 126 Å². The number of benzene rings is 1. The van der Waals surface area contributed by atoms with Gasteiger partial charge in [0, 0.05) is 12.6 Å². The van der Waals surface area contributed by atoms with Gasteiger partial charge in [0.15, 0.2) is 0 Å². The topological polar surface area (TPSA) is 66.8 Å². The predicted octanol–water partition coefficient (Wildman–Crippen LogP) is 1.20.